The van der Waals surface area contributed by atoms with Crippen LogP contribution in [-0.2, 0) is 13.0 Å². The summed E-state index contributed by atoms with van der Waals surface area (Å²) < 4.78 is 6.47. The topological polar surface area (TPSA) is 21.3 Å². The lowest BCUT2D eigenvalue weighted by atomic mass is 9.95. The van der Waals surface area contributed by atoms with Gasteiger partial charge in [-0.25, -0.2) is 0 Å². The third kappa shape index (κ3) is 1.55. The molecule has 14 heavy (non-hydrogen) atoms. The number of hydrogen-bond acceptors (Lipinski definition) is 2. The second-order valence-electron chi connectivity index (χ2n) is 3.59. The van der Waals surface area contributed by atoms with Crippen molar-refractivity contribution in [1.29, 1.82) is 0 Å². The van der Waals surface area contributed by atoms with Crippen molar-refractivity contribution in [2.45, 2.75) is 19.9 Å². The van der Waals surface area contributed by atoms with E-state index in [0.717, 1.165) is 29.7 Å². The lowest BCUT2D eigenvalue weighted by Crippen LogP contribution is -2.25. The van der Waals surface area contributed by atoms with Crippen molar-refractivity contribution in [2.24, 2.45) is 0 Å². The molecule has 0 unspecified atom stereocenters. The van der Waals surface area contributed by atoms with E-state index in [9.17, 15) is 0 Å². The van der Waals surface area contributed by atoms with Crippen LogP contribution in [0.25, 0.3) is 0 Å². The number of methoxy groups -OCH3 is 1. The number of hydrogen-bond donors (Lipinski definition) is 1. The van der Waals surface area contributed by atoms with Gasteiger partial charge in [0, 0.05) is 12.1 Å². The quantitative estimate of drug-likeness (QED) is 0.833. The van der Waals surface area contributed by atoms with Crippen molar-refractivity contribution in [3.8, 4) is 5.75 Å². The molecule has 1 aromatic carbocycles. The molecule has 1 N–H and O–H groups in total. The highest BCUT2D eigenvalue weighted by Gasteiger charge is 2.18. The maximum Gasteiger partial charge on any atom is 0.137 e. The molecule has 0 atom stereocenters. The Morgan fingerprint density at radius 1 is 1.43 bits per heavy atom. The number of aryl methyl sites for hydroxylation is 1. The number of halogens is 1. The number of nitrogens with one attached hydrogen (secondary N) is 1. The van der Waals surface area contributed by atoms with Crippen molar-refractivity contribution in [1.82, 2.24) is 5.32 Å². The van der Waals surface area contributed by atoms with Crippen LogP contribution in [0.4, 0.5) is 0 Å². The fourth-order valence-corrected chi connectivity index (χ4v) is 2.79. The van der Waals surface area contributed by atoms with Gasteiger partial charge in [-0.1, -0.05) is 0 Å². The van der Waals surface area contributed by atoms with E-state index in [0.29, 0.717) is 0 Å². The largest absolute Gasteiger partial charge is 0.495 e. The second-order valence-corrected chi connectivity index (χ2v) is 4.45. The number of ether oxygens (including phenoxy) is 1. The Morgan fingerprint density at radius 2 is 2.21 bits per heavy atom. The Balaban J connectivity index is 2.61. The Bertz CT molecular complexity index is 343. The van der Waals surface area contributed by atoms with Crippen molar-refractivity contribution in [3.05, 3.63) is 27.2 Å². The molecule has 76 valence electrons. The van der Waals surface area contributed by atoms with E-state index < -0.39 is 0 Å². The Morgan fingerprint density at radius 3 is 2.93 bits per heavy atom. The molecule has 0 aliphatic carbocycles. The van der Waals surface area contributed by atoms with E-state index >= 15 is 0 Å². The molecule has 1 heterocycles. The van der Waals surface area contributed by atoms with Crippen LogP contribution in [0.1, 0.15) is 16.7 Å². The van der Waals surface area contributed by atoms with Gasteiger partial charge in [0.25, 0.3) is 0 Å². The van der Waals surface area contributed by atoms with Crippen LogP contribution in [0, 0.1) is 6.92 Å². The summed E-state index contributed by atoms with van der Waals surface area (Å²) in [5, 5.41) is 3.37. The first-order valence-corrected chi connectivity index (χ1v) is 5.59. The first-order chi connectivity index (χ1) is 6.74. The number of benzene rings is 1. The van der Waals surface area contributed by atoms with E-state index in [-0.39, 0.29) is 0 Å². The summed E-state index contributed by atoms with van der Waals surface area (Å²) in [7, 11) is 1.73. The van der Waals surface area contributed by atoms with Gasteiger partial charge in [-0.3, -0.25) is 0 Å². The number of fused-ring (bicyclic) bond motifs is 1. The van der Waals surface area contributed by atoms with Crippen molar-refractivity contribution in [2.75, 3.05) is 13.7 Å². The molecule has 2 rings (SSSR count). The van der Waals surface area contributed by atoms with Crippen molar-refractivity contribution < 1.29 is 4.74 Å². The summed E-state index contributed by atoms with van der Waals surface area (Å²) in [6.07, 6.45) is 1.10. The van der Waals surface area contributed by atoms with Gasteiger partial charge in [-0.15, -0.1) is 0 Å². The van der Waals surface area contributed by atoms with Gasteiger partial charge in [-0.2, -0.15) is 0 Å². The molecular weight excluding hydrogens is 242 g/mol. The molecule has 0 amide bonds. The van der Waals surface area contributed by atoms with Gasteiger partial charge in [0.2, 0.25) is 0 Å². The SMILES string of the molecule is COc1c(Br)cc(C)c2c1CNCC2. The van der Waals surface area contributed by atoms with E-state index in [1.165, 1.54) is 16.7 Å². The van der Waals surface area contributed by atoms with Gasteiger partial charge in [0.1, 0.15) is 5.75 Å². The summed E-state index contributed by atoms with van der Waals surface area (Å²) in [6, 6.07) is 2.14. The van der Waals surface area contributed by atoms with Crippen LogP contribution in [0.3, 0.4) is 0 Å². The summed E-state index contributed by atoms with van der Waals surface area (Å²) >= 11 is 3.53. The summed E-state index contributed by atoms with van der Waals surface area (Å²) in [4.78, 5) is 0. The van der Waals surface area contributed by atoms with Crippen LogP contribution in [0.2, 0.25) is 0 Å². The standard InChI is InChI=1S/C11H14BrNO/c1-7-5-10(12)11(14-2)9-6-13-4-3-8(7)9/h5,13H,3-4,6H2,1-2H3. The van der Waals surface area contributed by atoms with Gasteiger partial charge in [-0.05, 0) is 53.0 Å². The zero-order valence-electron chi connectivity index (χ0n) is 8.48. The van der Waals surface area contributed by atoms with Crippen LogP contribution in [0.15, 0.2) is 10.5 Å². The minimum atomic E-state index is 0.915. The Kier molecular flexibility index (Phi) is 2.79. The maximum absolute atomic E-state index is 5.41. The van der Waals surface area contributed by atoms with Gasteiger partial charge in [0.05, 0.1) is 11.6 Å². The molecular formula is C11H14BrNO. The molecule has 0 fully saturated rings. The summed E-state index contributed by atoms with van der Waals surface area (Å²) in [5.41, 5.74) is 4.11. The Labute approximate surface area is 92.8 Å². The zero-order valence-corrected chi connectivity index (χ0v) is 10.1. The average Bonchev–Trinajstić information content (AvgIpc) is 2.18. The maximum atomic E-state index is 5.41. The minimum absolute atomic E-state index is 0.915. The molecule has 0 spiro atoms. The van der Waals surface area contributed by atoms with Gasteiger partial charge in [0.15, 0.2) is 0 Å². The summed E-state index contributed by atoms with van der Waals surface area (Å²) in [6.45, 7) is 4.14. The second kappa shape index (κ2) is 3.91. The average molecular weight is 256 g/mol. The Hall–Kier alpha value is -0.540. The molecule has 1 aliphatic rings. The highest BCUT2D eigenvalue weighted by atomic mass is 79.9. The molecule has 2 nitrogen and oxygen atoms in total. The van der Waals surface area contributed by atoms with Crippen molar-refractivity contribution >= 4 is 15.9 Å². The molecule has 0 radical (unpaired) electrons. The smallest absolute Gasteiger partial charge is 0.137 e. The van der Waals surface area contributed by atoms with Crippen LogP contribution in [-0.4, -0.2) is 13.7 Å². The zero-order chi connectivity index (χ0) is 10.1. The molecule has 1 aromatic rings. The van der Waals surface area contributed by atoms with E-state index in [2.05, 4.69) is 34.2 Å². The first-order valence-electron chi connectivity index (χ1n) is 4.79. The minimum Gasteiger partial charge on any atom is -0.495 e. The molecule has 0 bridgehead atoms. The lowest BCUT2D eigenvalue weighted by Gasteiger charge is -2.22. The third-order valence-electron chi connectivity index (χ3n) is 2.73. The fourth-order valence-electron chi connectivity index (χ4n) is 2.04. The van der Waals surface area contributed by atoms with Crippen LogP contribution < -0.4 is 10.1 Å². The predicted octanol–water partition coefficient (Wildman–Crippen LogP) is 2.41. The monoisotopic (exact) mass is 255 g/mol. The normalized spacial score (nSPS) is 15.1. The van der Waals surface area contributed by atoms with Crippen molar-refractivity contribution in [3.63, 3.8) is 0 Å². The highest BCUT2D eigenvalue weighted by molar-refractivity contribution is 9.10. The molecule has 0 saturated heterocycles. The molecule has 0 saturated carbocycles. The molecule has 1 aliphatic heterocycles. The predicted molar refractivity (Wildman–Crippen MR) is 60.8 cm³/mol. The van der Waals surface area contributed by atoms with Gasteiger partial charge >= 0.3 is 0 Å². The lowest BCUT2D eigenvalue weighted by molar-refractivity contribution is 0.401. The number of rotatable bonds is 1. The van der Waals surface area contributed by atoms with E-state index in [1.807, 2.05) is 0 Å². The van der Waals surface area contributed by atoms with E-state index in [4.69, 9.17) is 4.74 Å². The molecule has 3 heteroatoms. The summed E-state index contributed by atoms with van der Waals surface area (Å²) in [5.74, 6) is 0.984. The van der Waals surface area contributed by atoms with Gasteiger partial charge < -0.3 is 10.1 Å². The first kappa shape index (κ1) is 9.99. The molecule has 0 aromatic heterocycles. The fraction of sp³-hybridized carbons (Fsp3) is 0.455. The highest BCUT2D eigenvalue weighted by Crippen LogP contribution is 2.35. The third-order valence-corrected chi connectivity index (χ3v) is 3.32. The van der Waals surface area contributed by atoms with E-state index in [1.54, 1.807) is 7.11 Å². The van der Waals surface area contributed by atoms with Crippen LogP contribution in [0.5, 0.6) is 5.75 Å². The van der Waals surface area contributed by atoms with Crippen LogP contribution >= 0.6 is 15.9 Å².